The summed E-state index contributed by atoms with van der Waals surface area (Å²) in [4.78, 5) is 2.21. The number of benzene rings is 1. The summed E-state index contributed by atoms with van der Waals surface area (Å²) >= 11 is 0. The highest BCUT2D eigenvalue weighted by atomic mass is 19.5. The second kappa shape index (κ2) is 11.8. The van der Waals surface area contributed by atoms with Crippen molar-refractivity contribution in [3.63, 3.8) is 0 Å². The minimum atomic E-state index is -6.00. The van der Waals surface area contributed by atoms with E-state index in [0.29, 0.717) is 0 Å². The van der Waals surface area contributed by atoms with Crippen LogP contribution in [-0.2, 0) is 0 Å². The first-order valence-electron chi connectivity index (χ1n) is 5.50. The first kappa shape index (κ1) is 20.0. The molecular weight excluding hydrogens is 273 g/mol. The molecule has 110 valence electrons. The summed E-state index contributed by atoms with van der Waals surface area (Å²) in [6.45, 7) is 9.18. The number of diazo groups is 1. The molecule has 1 N–H and O–H groups in total. The van der Waals surface area contributed by atoms with Crippen LogP contribution in [-0.4, -0.2) is 20.3 Å². The van der Waals surface area contributed by atoms with Gasteiger partial charge in [-0.3, -0.25) is 0 Å². The van der Waals surface area contributed by atoms with Crippen molar-refractivity contribution in [3.05, 3.63) is 55.6 Å². The fourth-order valence-electron chi connectivity index (χ4n) is 1.24. The summed E-state index contributed by atoms with van der Waals surface area (Å²) < 4.78 is 39.0. The zero-order valence-electron chi connectivity index (χ0n) is 10.9. The smallest absolute Gasteiger partial charge is 0.418 e. The molecule has 0 spiro atoms. The van der Waals surface area contributed by atoms with E-state index in [0.717, 1.165) is 13.1 Å². The lowest BCUT2D eigenvalue weighted by Crippen LogP contribution is -2.22. The minimum Gasteiger partial charge on any atom is -0.418 e. The predicted molar refractivity (Wildman–Crippen MR) is 71.9 cm³/mol. The third-order valence-corrected chi connectivity index (χ3v) is 1.82. The molecule has 8 heteroatoms. The van der Waals surface area contributed by atoms with Crippen LogP contribution in [0.3, 0.4) is 0 Å². The quantitative estimate of drug-likeness (QED) is 0.392. The standard InChI is InChI=1S/C12H15N.BF4.N2/c1-3-10-13(11-4-2)12-8-6-5-7-9-12;2-1(3,4)5;1-2/h3-9H,1-2,10-11H2;;/q;-1;/p+1. The molecule has 20 heavy (non-hydrogen) atoms. The lowest BCUT2D eigenvalue weighted by molar-refractivity contribution is -0.175. The van der Waals surface area contributed by atoms with Crippen LogP contribution in [0.4, 0.5) is 23.0 Å². The lowest BCUT2D eigenvalue weighted by Gasteiger charge is -2.21. The first-order chi connectivity index (χ1) is 9.38. The fraction of sp³-hybridized carbons (Fsp3) is 0.167. The number of nitrogens with one attached hydrogen (secondary N) is 1. The van der Waals surface area contributed by atoms with E-state index in [1.807, 2.05) is 30.4 Å². The Hall–Kier alpha value is -2.30. The summed E-state index contributed by atoms with van der Waals surface area (Å²) in [5, 5.41) is 11.0. The molecule has 0 bridgehead atoms. The molecule has 0 amide bonds. The van der Waals surface area contributed by atoms with Gasteiger partial charge < -0.3 is 22.2 Å². The average molecular weight is 289 g/mol. The maximum absolute atomic E-state index is 9.75. The molecule has 0 fully saturated rings. The molecule has 1 aromatic rings. The van der Waals surface area contributed by atoms with E-state index in [1.165, 1.54) is 5.69 Å². The van der Waals surface area contributed by atoms with Crippen molar-refractivity contribution in [2.45, 2.75) is 0 Å². The molecule has 3 nitrogen and oxygen atoms in total. The van der Waals surface area contributed by atoms with Crippen LogP contribution in [0.5, 0.6) is 0 Å². The van der Waals surface area contributed by atoms with Gasteiger partial charge in [0.1, 0.15) is 0 Å². The van der Waals surface area contributed by atoms with Crippen LogP contribution in [0.2, 0.25) is 0 Å². The van der Waals surface area contributed by atoms with Crippen molar-refractivity contribution in [1.29, 1.82) is 5.39 Å². The van der Waals surface area contributed by atoms with E-state index in [4.69, 9.17) is 10.8 Å². The summed E-state index contributed by atoms with van der Waals surface area (Å²) in [6.07, 6.45) is 3.80. The Labute approximate surface area is 115 Å². The molecule has 0 saturated heterocycles. The largest absolute Gasteiger partial charge is 0.673 e. The van der Waals surface area contributed by atoms with Gasteiger partial charge in [0.2, 0.25) is 5.39 Å². The van der Waals surface area contributed by atoms with Crippen LogP contribution in [0.15, 0.2) is 55.6 Å². The number of halogens is 4. The van der Waals surface area contributed by atoms with E-state index in [9.17, 15) is 17.3 Å². The molecule has 1 aromatic carbocycles. The minimum absolute atomic E-state index is 0.857. The average Bonchev–Trinajstić information content (AvgIpc) is 2.40. The van der Waals surface area contributed by atoms with Gasteiger partial charge in [0.05, 0.1) is 5.39 Å². The first-order valence-corrected chi connectivity index (χ1v) is 5.50. The SMILES string of the molecule is C=CCN(CC=C)c1ccccc1.F[B-](F)(F)F.N#[NH+]. The Morgan fingerprint density at radius 3 is 1.65 bits per heavy atom. The van der Waals surface area contributed by atoms with Gasteiger partial charge in [0.15, 0.2) is 0 Å². The van der Waals surface area contributed by atoms with Crippen molar-refractivity contribution >= 4 is 12.9 Å². The zero-order valence-corrected chi connectivity index (χ0v) is 10.9. The summed E-state index contributed by atoms with van der Waals surface area (Å²) in [7, 11) is -6.00. The van der Waals surface area contributed by atoms with Gasteiger partial charge in [-0.15, -0.1) is 13.2 Å². The van der Waals surface area contributed by atoms with Crippen LogP contribution in [0.25, 0.3) is 0 Å². The Kier molecular flexibility index (Phi) is 11.8. The van der Waals surface area contributed by atoms with Crippen LogP contribution >= 0.6 is 0 Å². The van der Waals surface area contributed by atoms with Gasteiger partial charge in [-0.1, -0.05) is 30.4 Å². The molecule has 0 aliphatic rings. The van der Waals surface area contributed by atoms with E-state index < -0.39 is 7.25 Å². The normalized spacial score (nSPS) is 9.10. The summed E-state index contributed by atoms with van der Waals surface area (Å²) in [6, 6.07) is 10.3. The number of hydrogen-bond donors (Lipinski definition) is 1. The molecule has 0 saturated carbocycles. The molecule has 0 aromatic heterocycles. The van der Waals surface area contributed by atoms with Gasteiger partial charge in [0, 0.05) is 18.8 Å². The summed E-state index contributed by atoms with van der Waals surface area (Å²) in [5.41, 5.74) is 1.21. The van der Waals surface area contributed by atoms with Gasteiger partial charge in [-0.25, -0.2) is 0 Å². The molecule has 0 aliphatic heterocycles. The van der Waals surface area contributed by atoms with Crippen LogP contribution in [0.1, 0.15) is 0 Å². The molecule has 0 unspecified atom stereocenters. The second-order valence-electron chi connectivity index (χ2n) is 3.31. The molecule has 0 heterocycles. The highest BCUT2D eigenvalue weighted by Crippen LogP contribution is 2.12. The Bertz CT molecular complexity index is 377. The maximum atomic E-state index is 9.75. The van der Waals surface area contributed by atoms with E-state index in [-0.39, 0.29) is 0 Å². The number of hydrogen-bond acceptors (Lipinski definition) is 2. The highest BCUT2D eigenvalue weighted by Gasteiger charge is 2.20. The fourth-order valence-corrected chi connectivity index (χ4v) is 1.24. The topological polar surface area (TPSA) is 50.8 Å². The highest BCUT2D eigenvalue weighted by molar-refractivity contribution is 6.50. The number of anilines is 1. The van der Waals surface area contributed by atoms with Crippen molar-refractivity contribution in [1.82, 2.24) is 0 Å². The number of nitrogens with zero attached hydrogens (tertiary/aromatic N) is 2. The predicted octanol–water partition coefficient (Wildman–Crippen LogP) is 2.44. The van der Waals surface area contributed by atoms with E-state index in [2.05, 4.69) is 30.2 Å². The number of rotatable bonds is 5. The van der Waals surface area contributed by atoms with Gasteiger partial charge in [0.25, 0.3) is 0 Å². The van der Waals surface area contributed by atoms with E-state index in [1.54, 1.807) is 0 Å². The zero-order chi connectivity index (χ0) is 16.0. The Morgan fingerprint density at radius 2 is 1.35 bits per heavy atom. The molecule has 1 rings (SSSR count). The van der Waals surface area contributed by atoms with Crippen molar-refractivity contribution < 1.29 is 22.7 Å². The molecule has 0 atom stereocenters. The Morgan fingerprint density at radius 1 is 1.00 bits per heavy atom. The van der Waals surface area contributed by atoms with Gasteiger partial charge in [-0.05, 0) is 12.1 Å². The number of para-hydroxylation sites is 1. The van der Waals surface area contributed by atoms with Crippen LogP contribution < -0.4 is 10.3 Å². The lowest BCUT2D eigenvalue weighted by atomic mass is 10.3. The third kappa shape index (κ3) is 13.8. The second-order valence-corrected chi connectivity index (χ2v) is 3.31. The van der Waals surface area contributed by atoms with Crippen molar-refractivity contribution in [3.8, 4) is 0 Å². The van der Waals surface area contributed by atoms with Gasteiger partial charge in [-0.2, -0.15) is 0 Å². The molecular formula is C12H16BF4N3. The Balaban J connectivity index is 0. The summed E-state index contributed by atoms with van der Waals surface area (Å²) in [5.74, 6) is 0. The maximum Gasteiger partial charge on any atom is 0.673 e. The van der Waals surface area contributed by atoms with E-state index >= 15 is 0 Å². The van der Waals surface area contributed by atoms with Crippen molar-refractivity contribution in [2.24, 2.45) is 0 Å². The monoisotopic (exact) mass is 289 g/mol. The van der Waals surface area contributed by atoms with Crippen molar-refractivity contribution in [2.75, 3.05) is 18.0 Å². The molecule has 0 radical (unpaired) electrons. The molecule has 0 aliphatic carbocycles. The van der Waals surface area contributed by atoms with Crippen LogP contribution in [0, 0.1) is 5.39 Å². The third-order valence-electron chi connectivity index (χ3n) is 1.82. The van der Waals surface area contributed by atoms with Gasteiger partial charge >= 0.3 is 7.25 Å².